The number of hydrogen-bond acceptors (Lipinski definition) is 7. The molecule has 1 heterocycles. The Kier molecular flexibility index (Phi) is 6.71. The fourth-order valence-electron chi connectivity index (χ4n) is 2.34. The predicted molar refractivity (Wildman–Crippen MR) is 107 cm³/mol. The van der Waals surface area contributed by atoms with Crippen molar-refractivity contribution in [3.05, 3.63) is 54.6 Å². The Morgan fingerprint density at radius 2 is 1.82 bits per heavy atom. The highest BCUT2D eigenvalue weighted by atomic mass is 35.5. The zero-order chi connectivity index (χ0) is 19.4. The molecule has 2 N–H and O–H groups in total. The zero-order valence-corrected chi connectivity index (χ0v) is 16.5. The molecule has 0 atom stereocenters. The largest absolute Gasteiger partial charge is 0.496 e. The van der Waals surface area contributed by atoms with Crippen molar-refractivity contribution in [2.75, 3.05) is 23.4 Å². The van der Waals surface area contributed by atoms with E-state index in [1.54, 1.807) is 24.3 Å². The second-order valence-electron chi connectivity index (χ2n) is 5.56. The van der Waals surface area contributed by atoms with Crippen LogP contribution >= 0.6 is 12.4 Å². The van der Waals surface area contributed by atoms with Gasteiger partial charge >= 0.3 is 0 Å². The molecule has 0 bridgehead atoms. The molecule has 0 spiro atoms. The van der Waals surface area contributed by atoms with Gasteiger partial charge in [-0.1, -0.05) is 6.07 Å². The standard InChI is InChI=1S/C17H16FN5O3S.ClH/c1-26-15-8-11(18)6-7-14(15)16-19-10-20-17(22-16)21-12-4-3-5-13(9-12)23-27(2,24)25;/h3-10,23H,1-2H3,(H,19,20,21,22);1H. The van der Waals surface area contributed by atoms with E-state index in [9.17, 15) is 12.8 Å². The number of methoxy groups -OCH3 is 1. The lowest BCUT2D eigenvalue weighted by Gasteiger charge is -2.10. The summed E-state index contributed by atoms with van der Waals surface area (Å²) in [7, 11) is -1.95. The number of sulfonamides is 1. The third-order valence-corrected chi connectivity index (χ3v) is 4.00. The van der Waals surface area contributed by atoms with E-state index in [0.29, 0.717) is 28.5 Å². The first kappa shape index (κ1) is 21.3. The minimum absolute atomic E-state index is 0. The summed E-state index contributed by atoms with van der Waals surface area (Å²) in [5.74, 6) is 0.405. The average molecular weight is 426 g/mol. The highest BCUT2D eigenvalue weighted by Gasteiger charge is 2.11. The molecule has 11 heteroatoms. The van der Waals surface area contributed by atoms with Gasteiger partial charge in [-0.2, -0.15) is 4.98 Å². The van der Waals surface area contributed by atoms with Crippen LogP contribution in [0.2, 0.25) is 0 Å². The maximum Gasteiger partial charge on any atom is 0.230 e. The van der Waals surface area contributed by atoms with Gasteiger partial charge in [0.25, 0.3) is 0 Å². The van der Waals surface area contributed by atoms with Gasteiger partial charge in [-0.3, -0.25) is 4.72 Å². The summed E-state index contributed by atoms with van der Waals surface area (Å²) < 4.78 is 43.7. The van der Waals surface area contributed by atoms with Crippen molar-refractivity contribution in [1.82, 2.24) is 15.0 Å². The van der Waals surface area contributed by atoms with Gasteiger partial charge in [0.1, 0.15) is 17.9 Å². The molecule has 8 nitrogen and oxygen atoms in total. The third kappa shape index (κ3) is 5.51. The van der Waals surface area contributed by atoms with Gasteiger partial charge in [-0.25, -0.2) is 22.8 Å². The van der Waals surface area contributed by atoms with Crippen molar-refractivity contribution in [2.45, 2.75) is 0 Å². The monoisotopic (exact) mass is 425 g/mol. The average Bonchev–Trinajstić information content (AvgIpc) is 2.60. The number of rotatable bonds is 6. The van der Waals surface area contributed by atoms with Gasteiger partial charge in [0.05, 0.1) is 24.6 Å². The molecule has 28 heavy (non-hydrogen) atoms. The summed E-state index contributed by atoms with van der Waals surface area (Å²) in [6.45, 7) is 0. The van der Waals surface area contributed by atoms with Gasteiger partial charge in [-0.05, 0) is 30.3 Å². The van der Waals surface area contributed by atoms with Crippen molar-refractivity contribution in [2.24, 2.45) is 0 Å². The van der Waals surface area contributed by atoms with E-state index in [-0.39, 0.29) is 18.4 Å². The Bertz CT molecular complexity index is 1080. The summed E-state index contributed by atoms with van der Waals surface area (Å²) in [4.78, 5) is 12.5. The number of hydrogen-bond donors (Lipinski definition) is 2. The number of benzene rings is 2. The predicted octanol–water partition coefficient (Wildman–Crippen LogP) is 3.22. The molecular weight excluding hydrogens is 409 g/mol. The van der Waals surface area contributed by atoms with Crippen LogP contribution in [0.5, 0.6) is 5.75 Å². The van der Waals surface area contributed by atoms with Gasteiger partial charge in [0.2, 0.25) is 16.0 Å². The van der Waals surface area contributed by atoms with Gasteiger partial charge in [-0.15, -0.1) is 12.4 Å². The van der Waals surface area contributed by atoms with Crippen molar-refractivity contribution in [3.63, 3.8) is 0 Å². The fourth-order valence-corrected chi connectivity index (χ4v) is 2.89. The normalized spacial score (nSPS) is 10.7. The van der Waals surface area contributed by atoms with Crippen LogP contribution in [-0.2, 0) is 10.0 Å². The van der Waals surface area contributed by atoms with E-state index in [4.69, 9.17) is 4.74 Å². The molecule has 3 aromatic rings. The number of halogens is 2. The minimum atomic E-state index is -3.38. The van der Waals surface area contributed by atoms with Crippen molar-refractivity contribution >= 4 is 39.8 Å². The van der Waals surface area contributed by atoms with E-state index in [0.717, 1.165) is 6.26 Å². The molecule has 1 aromatic heterocycles. The van der Waals surface area contributed by atoms with Crippen molar-refractivity contribution < 1.29 is 17.5 Å². The summed E-state index contributed by atoms with van der Waals surface area (Å²) in [6.07, 6.45) is 2.38. The Hall–Kier alpha value is -2.98. The minimum Gasteiger partial charge on any atom is -0.496 e. The van der Waals surface area contributed by atoms with Crippen molar-refractivity contribution in [3.8, 4) is 17.1 Å². The second-order valence-corrected chi connectivity index (χ2v) is 7.31. The quantitative estimate of drug-likeness (QED) is 0.624. The zero-order valence-electron chi connectivity index (χ0n) is 14.9. The molecule has 148 valence electrons. The second kappa shape index (κ2) is 8.81. The van der Waals surface area contributed by atoms with Gasteiger partial charge < -0.3 is 10.1 Å². The maximum atomic E-state index is 13.4. The number of anilines is 3. The molecule has 0 aliphatic carbocycles. The van der Waals surface area contributed by atoms with E-state index < -0.39 is 15.8 Å². The lowest BCUT2D eigenvalue weighted by Crippen LogP contribution is -2.09. The van der Waals surface area contributed by atoms with Crippen LogP contribution in [0.1, 0.15) is 0 Å². The van der Waals surface area contributed by atoms with Crippen LogP contribution in [0.25, 0.3) is 11.4 Å². The van der Waals surface area contributed by atoms with Gasteiger partial charge in [0, 0.05) is 11.8 Å². The Labute approximate surface area is 167 Å². The van der Waals surface area contributed by atoms with Crippen LogP contribution in [0.15, 0.2) is 48.8 Å². The molecule has 0 aliphatic heterocycles. The third-order valence-electron chi connectivity index (χ3n) is 3.40. The summed E-state index contributed by atoms with van der Waals surface area (Å²) in [5, 5.41) is 2.98. The van der Waals surface area contributed by atoms with Crippen LogP contribution in [0.3, 0.4) is 0 Å². The first-order valence-electron chi connectivity index (χ1n) is 7.72. The Morgan fingerprint density at radius 3 is 2.54 bits per heavy atom. The first-order valence-corrected chi connectivity index (χ1v) is 9.61. The van der Waals surface area contributed by atoms with Crippen LogP contribution < -0.4 is 14.8 Å². The number of ether oxygens (including phenoxy) is 1. The number of nitrogens with zero attached hydrogens (tertiary/aromatic N) is 3. The lowest BCUT2D eigenvalue weighted by molar-refractivity contribution is 0.412. The smallest absolute Gasteiger partial charge is 0.230 e. The molecule has 0 amide bonds. The molecule has 0 aliphatic rings. The molecular formula is C17H17ClFN5O3S. The van der Waals surface area contributed by atoms with E-state index in [1.165, 1.54) is 31.6 Å². The summed E-state index contributed by atoms with van der Waals surface area (Å²) >= 11 is 0. The lowest BCUT2D eigenvalue weighted by atomic mass is 10.2. The summed E-state index contributed by atoms with van der Waals surface area (Å²) in [6, 6.07) is 10.7. The molecule has 0 saturated heterocycles. The molecule has 0 saturated carbocycles. The van der Waals surface area contributed by atoms with Crippen LogP contribution in [0, 0.1) is 5.82 Å². The Balaban J connectivity index is 0.00000280. The fraction of sp³-hybridized carbons (Fsp3) is 0.118. The van der Waals surface area contributed by atoms with Crippen LogP contribution in [0.4, 0.5) is 21.7 Å². The molecule has 3 rings (SSSR count). The highest BCUT2D eigenvalue weighted by molar-refractivity contribution is 7.92. The first-order chi connectivity index (χ1) is 12.8. The summed E-state index contributed by atoms with van der Waals surface area (Å²) in [5.41, 5.74) is 1.49. The molecule has 0 unspecified atom stereocenters. The number of aromatic nitrogens is 3. The van der Waals surface area contributed by atoms with E-state index in [1.807, 2.05) is 0 Å². The van der Waals surface area contributed by atoms with E-state index in [2.05, 4.69) is 25.0 Å². The molecule has 0 radical (unpaired) electrons. The Morgan fingerprint density at radius 1 is 1.07 bits per heavy atom. The van der Waals surface area contributed by atoms with Gasteiger partial charge in [0.15, 0.2) is 5.82 Å². The van der Waals surface area contributed by atoms with Crippen molar-refractivity contribution in [1.29, 1.82) is 0 Å². The topological polar surface area (TPSA) is 106 Å². The maximum absolute atomic E-state index is 13.4. The van der Waals surface area contributed by atoms with E-state index >= 15 is 0 Å². The number of nitrogens with one attached hydrogen (secondary N) is 2. The SMILES string of the molecule is COc1cc(F)ccc1-c1ncnc(Nc2cccc(NS(C)(=O)=O)c2)n1.Cl. The van der Waals surface area contributed by atoms with Crippen LogP contribution in [-0.4, -0.2) is 36.7 Å². The molecule has 2 aromatic carbocycles. The highest BCUT2D eigenvalue weighted by Crippen LogP contribution is 2.28. The molecule has 0 fully saturated rings.